The Labute approximate surface area is 145 Å². The second-order valence-corrected chi connectivity index (χ2v) is 5.93. The Balaban J connectivity index is 1.76. The van der Waals surface area contributed by atoms with Gasteiger partial charge in [-0.3, -0.25) is 9.59 Å². The highest BCUT2D eigenvalue weighted by Gasteiger charge is 2.29. The van der Waals surface area contributed by atoms with Crippen LogP contribution in [0.1, 0.15) is 28.8 Å². The fraction of sp³-hybridized carbons (Fsp3) is 0.211. The molecule has 1 aliphatic heterocycles. The maximum atomic E-state index is 12.8. The largest absolute Gasteiger partial charge is 0.374 e. The molecule has 1 atom stereocenters. The molecule has 0 radical (unpaired) electrons. The normalized spacial score (nSPS) is 17.0. The highest BCUT2D eigenvalue weighted by atomic mass is 16.2. The molecule has 6 heteroatoms. The van der Waals surface area contributed by atoms with Gasteiger partial charge in [0, 0.05) is 23.5 Å². The van der Waals surface area contributed by atoms with Crippen LogP contribution in [-0.4, -0.2) is 24.4 Å². The molecule has 2 aromatic carbocycles. The second kappa shape index (κ2) is 7.05. The topological polar surface area (TPSA) is 99.2 Å². The predicted molar refractivity (Wildman–Crippen MR) is 95.1 cm³/mol. The average molecular weight is 334 g/mol. The zero-order chi connectivity index (χ0) is 17.8. The maximum absolute atomic E-state index is 12.8. The van der Waals surface area contributed by atoms with Crippen LogP contribution in [0.15, 0.2) is 48.5 Å². The van der Waals surface area contributed by atoms with Crippen molar-refractivity contribution in [3.8, 4) is 6.07 Å². The first-order chi connectivity index (χ1) is 12.1. The second-order valence-electron chi connectivity index (χ2n) is 5.93. The highest BCUT2D eigenvalue weighted by molar-refractivity contribution is 6.00. The Hall–Kier alpha value is -3.33. The number of piperidine rings is 1. The monoisotopic (exact) mass is 334 g/mol. The minimum Gasteiger partial charge on any atom is -0.374 e. The van der Waals surface area contributed by atoms with Crippen LogP contribution in [0.3, 0.4) is 0 Å². The molecule has 3 N–H and O–H groups in total. The van der Waals surface area contributed by atoms with Gasteiger partial charge < -0.3 is 16.0 Å². The fourth-order valence-corrected chi connectivity index (χ4v) is 2.94. The number of carbonyl (C=O) groups is 2. The lowest BCUT2D eigenvalue weighted by atomic mass is 10.0. The lowest BCUT2D eigenvalue weighted by Crippen LogP contribution is -2.47. The van der Waals surface area contributed by atoms with E-state index in [0.717, 1.165) is 12.1 Å². The number of carbonyl (C=O) groups excluding carboxylic acids is 2. The van der Waals surface area contributed by atoms with Crippen molar-refractivity contribution in [1.82, 2.24) is 0 Å². The van der Waals surface area contributed by atoms with E-state index in [1.54, 1.807) is 53.4 Å². The number of hydrogen-bond acceptors (Lipinski definition) is 4. The van der Waals surface area contributed by atoms with Crippen LogP contribution in [0.5, 0.6) is 0 Å². The summed E-state index contributed by atoms with van der Waals surface area (Å²) in [5.41, 5.74) is 7.73. The lowest BCUT2D eigenvalue weighted by molar-refractivity contribution is -0.120. The van der Waals surface area contributed by atoms with Crippen molar-refractivity contribution in [2.24, 2.45) is 5.73 Å². The van der Waals surface area contributed by atoms with Gasteiger partial charge in [0.15, 0.2) is 0 Å². The van der Waals surface area contributed by atoms with Crippen molar-refractivity contribution in [2.75, 3.05) is 16.8 Å². The molecule has 1 heterocycles. The van der Waals surface area contributed by atoms with Crippen LogP contribution in [-0.2, 0) is 4.79 Å². The molecule has 1 saturated heterocycles. The van der Waals surface area contributed by atoms with Crippen molar-refractivity contribution >= 4 is 23.2 Å². The number of primary amides is 1. The number of nitrogens with two attached hydrogens (primary N) is 1. The Morgan fingerprint density at radius 1 is 1.24 bits per heavy atom. The molecule has 0 aliphatic carbocycles. The summed E-state index contributed by atoms with van der Waals surface area (Å²) in [6, 6.07) is 15.5. The first kappa shape index (κ1) is 16.5. The number of anilines is 2. The summed E-state index contributed by atoms with van der Waals surface area (Å²) in [6.45, 7) is 0.643. The van der Waals surface area contributed by atoms with Gasteiger partial charge in [-0.1, -0.05) is 6.07 Å². The van der Waals surface area contributed by atoms with Crippen molar-refractivity contribution < 1.29 is 9.59 Å². The van der Waals surface area contributed by atoms with Crippen molar-refractivity contribution in [3.05, 3.63) is 59.7 Å². The Morgan fingerprint density at radius 2 is 2.00 bits per heavy atom. The van der Waals surface area contributed by atoms with E-state index < -0.39 is 5.91 Å². The Kier molecular flexibility index (Phi) is 4.66. The van der Waals surface area contributed by atoms with Crippen molar-refractivity contribution in [1.29, 1.82) is 5.26 Å². The fourth-order valence-electron chi connectivity index (χ4n) is 2.94. The summed E-state index contributed by atoms with van der Waals surface area (Å²) in [7, 11) is 0. The zero-order valence-electron chi connectivity index (χ0n) is 13.6. The van der Waals surface area contributed by atoms with E-state index in [-0.39, 0.29) is 11.9 Å². The van der Waals surface area contributed by atoms with Crippen LogP contribution >= 0.6 is 0 Å². The molecule has 0 spiro atoms. The standard InChI is InChI=1S/C19H18N4O2/c20-12-13-6-8-16(9-7-13)23-10-2-5-17(19(23)25)22-15-4-1-3-14(11-15)18(21)24/h1,3-4,6-9,11,17,22H,2,5,10H2,(H2,21,24). The van der Waals surface area contributed by atoms with Crippen molar-refractivity contribution in [2.45, 2.75) is 18.9 Å². The maximum Gasteiger partial charge on any atom is 0.249 e. The van der Waals surface area contributed by atoms with Crippen LogP contribution in [0, 0.1) is 11.3 Å². The number of nitriles is 1. The minimum atomic E-state index is -0.502. The van der Waals surface area contributed by atoms with E-state index in [9.17, 15) is 9.59 Å². The van der Waals surface area contributed by atoms with Crippen LogP contribution in [0.2, 0.25) is 0 Å². The number of rotatable bonds is 4. The molecule has 6 nitrogen and oxygen atoms in total. The molecule has 126 valence electrons. The third-order valence-corrected chi connectivity index (χ3v) is 4.23. The third kappa shape index (κ3) is 3.61. The van der Waals surface area contributed by atoms with E-state index in [1.807, 2.05) is 0 Å². The van der Waals surface area contributed by atoms with Gasteiger partial charge >= 0.3 is 0 Å². The Bertz CT molecular complexity index is 839. The van der Waals surface area contributed by atoms with Crippen molar-refractivity contribution in [3.63, 3.8) is 0 Å². The molecule has 2 aromatic rings. The summed E-state index contributed by atoms with van der Waals surface area (Å²) in [4.78, 5) is 25.8. The van der Waals surface area contributed by atoms with Gasteiger partial charge in [0.05, 0.1) is 11.6 Å². The SMILES string of the molecule is N#Cc1ccc(N2CCCC(Nc3cccc(C(N)=O)c3)C2=O)cc1. The molecule has 1 aliphatic rings. The van der Waals surface area contributed by atoms with Crippen LogP contribution < -0.4 is 16.0 Å². The summed E-state index contributed by atoms with van der Waals surface area (Å²) >= 11 is 0. The predicted octanol–water partition coefficient (Wildman–Crippen LogP) is 2.26. The molecular weight excluding hydrogens is 316 g/mol. The minimum absolute atomic E-state index is 0.0274. The van der Waals surface area contributed by atoms with Gasteiger partial charge in [0.1, 0.15) is 6.04 Å². The van der Waals surface area contributed by atoms with Crippen LogP contribution in [0.25, 0.3) is 0 Å². The number of amides is 2. The van der Waals surface area contributed by atoms with Crippen LogP contribution in [0.4, 0.5) is 11.4 Å². The molecule has 0 aromatic heterocycles. The molecule has 0 saturated carbocycles. The molecule has 0 bridgehead atoms. The molecule has 1 unspecified atom stereocenters. The third-order valence-electron chi connectivity index (χ3n) is 4.23. The van der Waals surface area contributed by atoms with E-state index in [2.05, 4.69) is 11.4 Å². The molecule has 1 fully saturated rings. The van der Waals surface area contributed by atoms with E-state index >= 15 is 0 Å². The van der Waals surface area contributed by atoms with Gasteiger partial charge in [-0.2, -0.15) is 5.26 Å². The van der Waals surface area contributed by atoms with Gasteiger partial charge in [-0.05, 0) is 55.3 Å². The zero-order valence-corrected chi connectivity index (χ0v) is 13.6. The number of nitrogens with one attached hydrogen (secondary N) is 1. The van der Waals surface area contributed by atoms with E-state index in [0.29, 0.717) is 29.8 Å². The van der Waals surface area contributed by atoms with Gasteiger partial charge in [-0.25, -0.2) is 0 Å². The van der Waals surface area contributed by atoms with Gasteiger partial charge in [0.2, 0.25) is 11.8 Å². The first-order valence-electron chi connectivity index (χ1n) is 8.06. The smallest absolute Gasteiger partial charge is 0.249 e. The average Bonchev–Trinajstić information content (AvgIpc) is 2.64. The summed E-state index contributed by atoms with van der Waals surface area (Å²) in [6.07, 6.45) is 1.57. The van der Waals surface area contributed by atoms with Gasteiger partial charge in [0.25, 0.3) is 0 Å². The number of hydrogen-bond donors (Lipinski definition) is 2. The molecule has 2 amide bonds. The van der Waals surface area contributed by atoms with Gasteiger partial charge in [-0.15, -0.1) is 0 Å². The van der Waals surface area contributed by atoms with E-state index in [1.165, 1.54) is 0 Å². The van der Waals surface area contributed by atoms with E-state index in [4.69, 9.17) is 11.0 Å². The summed E-state index contributed by atoms with van der Waals surface area (Å²) in [5.74, 6) is -0.529. The Morgan fingerprint density at radius 3 is 2.68 bits per heavy atom. The summed E-state index contributed by atoms with van der Waals surface area (Å²) in [5, 5.41) is 12.1. The molecular formula is C19H18N4O2. The number of benzene rings is 2. The quantitative estimate of drug-likeness (QED) is 0.896. The first-order valence-corrected chi connectivity index (χ1v) is 8.06. The molecule has 25 heavy (non-hydrogen) atoms. The lowest BCUT2D eigenvalue weighted by Gasteiger charge is -2.33. The number of nitrogens with zero attached hydrogens (tertiary/aromatic N) is 2. The summed E-state index contributed by atoms with van der Waals surface area (Å²) < 4.78 is 0. The molecule has 3 rings (SSSR count). The highest BCUT2D eigenvalue weighted by Crippen LogP contribution is 2.24.